The molecule has 1 atom stereocenters. The third-order valence-electron chi connectivity index (χ3n) is 2.67. The van der Waals surface area contributed by atoms with Gasteiger partial charge in [-0.15, -0.1) is 0 Å². The summed E-state index contributed by atoms with van der Waals surface area (Å²) in [6.07, 6.45) is 1.45. The zero-order valence-corrected chi connectivity index (χ0v) is 10.9. The first-order valence-electron chi connectivity index (χ1n) is 6.12. The summed E-state index contributed by atoms with van der Waals surface area (Å²) in [5.74, 6) is 0.0237. The third kappa shape index (κ3) is 3.09. The van der Waals surface area contributed by atoms with Gasteiger partial charge in [-0.05, 0) is 26.0 Å². The summed E-state index contributed by atoms with van der Waals surface area (Å²) >= 11 is 0. The Morgan fingerprint density at radius 1 is 1.16 bits per heavy atom. The van der Waals surface area contributed by atoms with Gasteiger partial charge in [-0.3, -0.25) is 4.98 Å². The second-order valence-electron chi connectivity index (χ2n) is 4.50. The molecule has 0 saturated heterocycles. The maximum Gasteiger partial charge on any atom is 0.147 e. The van der Waals surface area contributed by atoms with E-state index in [-0.39, 0.29) is 11.7 Å². The Bertz CT molecular complexity index is 557. The van der Waals surface area contributed by atoms with Crippen molar-refractivity contribution >= 4 is 0 Å². The van der Waals surface area contributed by atoms with E-state index in [0.29, 0.717) is 11.3 Å². The van der Waals surface area contributed by atoms with Crippen molar-refractivity contribution in [2.24, 2.45) is 0 Å². The second kappa shape index (κ2) is 5.80. The summed E-state index contributed by atoms with van der Waals surface area (Å²) in [6, 6.07) is 8.55. The number of hydrogen-bond acceptors (Lipinski definition) is 3. The zero-order valence-electron chi connectivity index (χ0n) is 10.9. The van der Waals surface area contributed by atoms with E-state index in [9.17, 15) is 9.50 Å². The summed E-state index contributed by atoms with van der Waals surface area (Å²) in [7, 11) is 0. The van der Waals surface area contributed by atoms with Crippen molar-refractivity contribution in [3.63, 3.8) is 0 Å². The van der Waals surface area contributed by atoms with Gasteiger partial charge in [0.1, 0.15) is 17.7 Å². The van der Waals surface area contributed by atoms with Crippen molar-refractivity contribution in [1.29, 1.82) is 0 Å². The van der Waals surface area contributed by atoms with Crippen molar-refractivity contribution in [3.05, 3.63) is 59.7 Å². The van der Waals surface area contributed by atoms with E-state index >= 15 is 0 Å². The van der Waals surface area contributed by atoms with Crippen LogP contribution in [0.1, 0.15) is 31.1 Å². The van der Waals surface area contributed by atoms with Gasteiger partial charge in [0.05, 0.1) is 12.3 Å². The molecule has 1 N–H and O–H groups in total. The van der Waals surface area contributed by atoms with Crippen LogP contribution >= 0.6 is 0 Å². The second-order valence-corrected chi connectivity index (χ2v) is 4.50. The van der Waals surface area contributed by atoms with Crippen LogP contribution in [0.15, 0.2) is 42.7 Å². The fourth-order valence-electron chi connectivity index (χ4n) is 1.84. The minimum atomic E-state index is -1.07. The highest BCUT2D eigenvalue weighted by atomic mass is 19.1. The van der Waals surface area contributed by atoms with Crippen LogP contribution in [0.25, 0.3) is 0 Å². The number of aliphatic hydroxyl groups excluding tert-OH is 1. The molecule has 0 aliphatic rings. The molecule has 0 amide bonds. The number of benzene rings is 1. The van der Waals surface area contributed by atoms with Crippen LogP contribution in [0, 0.1) is 5.82 Å². The van der Waals surface area contributed by atoms with Crippen LogP contribution in [0.2, 0.25) is 0 Å². The highest BCUT2D eigenvalue weighted by Crippen LogP contribution is 2.31. The van der Waals surface area contributed by atoms with Crippen molar-refractivity contribution in [2.75, 3.05) is 0 Å². The smallest absolute Gasteiger partial charge is 0.147 e. The highest BCUT2D eigenvalue weighted by molar-refractivity contribution is 5.40. The number of hydrogen-bond donors (Lipinski definition) is 1. The summed E-state index contributed by atoms with van der Waals surface area (Å²) in [5.41, 5.74) is 0.733. The minimum absolute atomic E-state index is 0.0179. The third-order valence-corrected chi connectivity index (χ3v) is 2.67. The Balaban J connectivity index is 2.39. The number of ether oxygens (including phenoxy) is 1. The lowest BCUT2D eigenvalue weighted by Gasteiger charge is -2.18. The average Bonchev–Trinajstić information content (AvgIpc) is 2.38. The molecule has 1 aromatic heterocycles. The van der Waals surface area contributed by atoms with Gasteiger partial charge >= 0.3 is 0 Å². The van der Waals surface area contributed by atoms with E-state index in [0.717, 1.165) is 6.20 Å². The Labute approximate surface area is 111 Å². The van der Waals surface area contributed by atoms with E-state index in [1.54, 1.807) is 18.2 Å². The molecule has 0 aliphatic carbocycles. The van der Waals surface area contributed by atoms with Crippen molar-refractivity contribution in [3.8, 4) is 5.75 Å². The number of aliphatic hydroxyl groups is 1. The SMILES string of the molecule is CC(C)Oc1ccccc1C(O)c1ccncc1F. The molecule has 0 fully saturated rings. The molecule has 4 heteroatoms. The lowest BCUT2D eigenvalue weighted by atomic mass is 10.0. The standard InChI is InChI=1S/C15H16FNO2/c1-10(2)19-14-6-4-3-5-12(14)15(18)11-7-8-17-9-13(11)16/h3-10,15,18H,1-2H3. The number of aromatic nitrogens is 1. The molecule has 3 nitrogen and oxygen atoms in total. The average molecular weight is 261 g/mol. The number of para-hydroxylation sites is 1. The van der Waals surface area contributed by atoms with Gasteiger partial charge in [0.15, 0.2) is 0 Å². The van der Waals surface area contributed by atoms with Crippen molar-refractivity contribution in [1.82, 2.24) is 4.98 Å². The summed E-state index contributed by atoms with van der Waals surface area (Å²) < 4.78 is 19.3. The van der Waals surface area contributed by atoms with Crippen LogP contribution in [0.3, 0.4) is 0 Å². The van der Waals surface area contributed by atoms with Gasteiger partial charge < -0.3 is 9.84 Å². The van der Waals surface area contributed by atoms with E-state index in [2.05, 4.69) is 4.98 Å². The first-order valence-corrected chi connectivity index (χ1v) is 6.12. The fraction of sp³-hybridized carbons (Fsp3) is 0.267. The van der Waals surface area contributed by atoms with E-state index in [1.165, 1.54) is 12.3 Å². The van der Waals surface area contributed by atoms with Crippen LogP contribution in [-0.4, -0.2) is 16.2 Å². The molecular formula is C15H16FNO2. The molecule has 0 aliphatic heterocycles. The van der Waals surface area contributed by atoms with Crippen LogP contribution in [0.4, 0.5) is 4.39 Å². The highest BCUT2D eigenvalue weighted by Gasteiger charge is 2.19. The van der Waals surface area contributed by atoms with Crippen LogP contribution in [-0.2, 0) is 0 Å². The molecule has 0 spiro atoms. The Kier molecular flexibility index (Phi) is 4.12. The molecular weight excluding hydrogens is 245 g/mol. The normalized spacial score (nSPS) is 12.5. The predicted octanol–water partition coefficient (Wildman–Crippen LogP) is 3.09. The molecule has 1 unspecified atom stereocenters. The maximum absolute atomic E-state index is 13.7. The number of pyridine rings is 1. The van der Waals surface area contributed by atoms with Crippen molar-refractivity contribution in [2.45, 2.75) is 26.1 Å². The number of nitrogens with zero attached hydrogens (tertiary/aromatic N) is 1. The molecule has 0 bridgehead atoms. The topological polar surface area (TPSA) is 42.4 Å². The summed E-state index contributed by atoms with van der Waals surface area (Å²) in [6.45, 7) is 3.80. The van der Waals surface area contributed by atoms with E-state index in [1.807, 2.05) is 19.9 Å². The van der Waals surface area contributed by atoms with Crippen LogP contribution in [0.5, 0.6) is 5.75 Å². The Morgan fingerprint density at radius 3 is 2.58 bits per heavy atom. The Hall–Kier alpha value is -1.94. The molecule has 1 heterocycles. The van der Waals surface area contributed by atoms with Gasteiger partial charge in [-0.25, -0.2) is 4.39 Å². The molecule has 1 aromatic carbocycles. The lowest BCUT2D eigenvalue weighted by molar-refractivity contribution is 0.194. The lowest BCUT2D eigenvalue weighted by Crippen LogP contribution is -2.10. The van der Waals surface area contributed by atoms with Crippen molar-refractivity contribution < 1.29 is 14.2 Å². The first-order chi connectivity index (χ1) is 9.09. The molecule has 0 saturated carbocycles. The monoisotopic (exact) mass is 261 g/mol. The molecule has 0 radical (unpaired) electrons. The zero-order chi connectivity index (χ0) is 13.8. The summed E-state index contributed by atoms with van der Waals surface area (Å²) in [4.78, 5) is 3.67. The van der Waals surface area contributed by atoms with Gasteiger partial charge in [0.2, 0.25) is 0 Å². The fourth-order valence-corrected chi connectivity index (χ4v) is 1.84. The maximum atomic E-state index is 13.7. The van der Waals surface area contributed by atoms with Crippen LogP contribution < -0.4 is 4.74 Å². The largest absolute Gasteiger partial charge is 0.491 e. The quantitative estimate of drug-likeness (QED) is 0.919. The predicted molar refractivity (Wildman–Crippen MR) is 70.5 cm³/mol. The van der Waals surface area contributed by atoms with E-state index in [4.69, 9.17) is 4.74 Å². The molecule has 100 valence electrons. The number of rotatable bonds is 4. The number of halogens is 1. The van der Waals surface area contributed by atoms with Gasteiger partial charge in [-0.2, -0.15) is 0 Å². The van der Waals surface area contributed by atoms with Gasteiger partial charge in [-0.1, -0.05) is 18.2 Å². The minimum Gasteiger partial charge on any atom is -0.491 e. The summed E-state index contributed by atoms with van der Waals surface area (Å²) in [5, 5.41) is 10.3. The molecule has 2 rings (SSSR count). The first kappa shape index (κ1) is 13.5. The molecule has 2 aromatic rings. The van der Waals surface area contributed by atoms with Gasteiger partial charge in [0, 0.05) is 17.3 Å². The van der Waals surface area contributed by atoms with E-state index < -0.39 is 11.9 Å². The molecule has 19 heavy (non-hydrogen) atoms. The van der Waals surface area contributed by atoms with Gasteiger partial charge in [0.25, 0.3) is 0 Å². The Morgan fingerprint density at radius 2 is 1.89 bits per heavy atom.